The van der Waals surface area contributed by atoms with Crippen LogP contribution in [0.4, 0.5) is 11.6 Å². The Kier molecular flexibility index (Phi) is 8.07. The zero-order valence-electron chi connectivity index (χ0n) is 17.9. The number of benzene rings is 1. The lowest BCUT2D eigenvalue weighted by Gasteiger charge is -2.35. The van der Waals surface area contributed by atoms with Gasteiger partial charge in [-0.2, -0.15) is 0 Å². The molecule has 1 saturated heterocycles. The summed E-state index contributed by atoms with van der Waals surface area (Å²) in [4.78, 5) is 29.8. The molecule has 3 N–H and O–H groups in total. The number of aryl methyl sites for hydroxylation is 1. The Labute approximate surface area is 195 Å². The number of amidine groups is 1. The number of piperazine rings is 1. The van der Waals surface area contributed by atoms with Crippen molar-refractivity contribution in [3.8, 4) is 11.1 Å². The van der Waals surface area contributed by atoms with Gasteiger partial charge in [0.1, 0.15) is 5.78 Å². The monoisotopic (exact) mass is 445 g/mol. The Morgan fingerprint density at radius 3 is 2.36 bits per heavy atom. The number of nitrogens with zero attached hydrogens (tertiary/aromatic N) is 5. The van der Waals surface area contributed by atoms with Crippen LogP contribution in [0.3, 0.4) is 0 Å². The number of ketones is 1. The topological polar surface area (TPSA) is 112 Å². The quantitative estimate of drug-likeness (QED) is 0.404. The van der Waals surface area contributed by atoms with Crippen molar-refractivity contribution in [2.45, 2.75) is 26.7 Å². The summed E-state index contributed by atoms with van der Waals surface area (Å²) in [6.45, 7) is 3.53. The standard InChI is InChI=1S/C24H27N7O.CH4/c25-23(26)14-22(32)7-6-18-3-1-4-19(13-18)20-15-28-24(29-16-20)31-11-9-30(10-12-31)21-5-2-8-27-17-21;/h1-5,8,13,15-17H,6-7,9-12,14H2,(H3,25,26);1H4. The molecule has 0 bridgehead atoms. The van der Waals surface area contributed by atoms with Gasteiger partial charge in [0, 0.05) is 56.8 Å². The summed E-state index contributed by atoms with van der Waals surface area (Å²) in [6, 6.07) is 12.1. The van der Waals surface area contributed by atoms with Gasteiger partial charge in [0.05, 0.1) is 24.1 Å². The van der Waals surface area contributed by atoms with Crippen LogP contribution >= 0.6 is 0 Å². The molecule has 2 aromatic heterocycles. The molecule has 1 fully saturated rings. The molecule has 0 saturated carbocycles. The van der Waals surface area contributed by atoms with Crippen LogP contribution < -0.4 is 15.5 Å². The molecule has 0 unspecified atom stereocenters. The molecular weight excluding hydrogens is 414 g/mol. The SMILES string of the molecule is C.N=C(N)CC(=O)CCc1cccc(-c2cnc(N3CCN(c4cccnc4)CC3)nc2)c1. The highest BCUT2D eigenvalue weighted by molar-refractivity contribution is 5.98. The van der Waals surface area contributed by atoms with E-state index in [4.69, 9.17) is 11.1 Å². The van der Waals surface area contributed by atoms with Crippen molar-refractivity contribution in [1.29, 1.82) is 5.41 Å². The lowest BCUT2D eigenvalue weighted by Crippen LogP contribution is -2.47. The maximum absolute atomic E-state index is 11.8. The molecule has 0 aliphatic carbocycles. The zero-order chi connectivity index (χ0) is 22.3. The minimum Gasteiger partial charge on any atom is -0.387 e. The van der Waals surface area contributed by atoms with Crippen molar-refractivity contribution in [3.05, 3.63) is 66.7 Å². The lowest BCUT2D eigenvalue weighted by molar-refractivity contribution is -0.117. The molecule has 33 heavy (non-hydrogen) atoms. The van der Waals surface area contributed by atoms with Crippen LogP contribution in [-0.2, 0) is 11.2 Å². The maximum atomic E-state index is 11.8. The normalized spacial score (nSPS) is 13.3. The average Bonchev–Trinajstić information content (AvgIpc) is 2.83. The van der Waals surface area contributed by atoms with Gasteiger partial charge in [-0.3, -0.25) is 15.2 Å². The van der Waals surface area contributed by atoms with Crippen molar-refractivity contribution < 1.29 is 4.79 Å². The fourth-order valence-electron chi connectivity index (χ4n) is 3.83. The summed E-state index contributed by atoms with van der Waals surface area (Å²) in [5.41, 5.74) is 9.48. The second-order valence-electron chi connectivity index (χ2n) is 7.90. The van der Waals surface area contributed by atoms with E-state index in [1.54, 1.807) is 6.20 Å². The fourth-order valence-corrected chi connectivity index (χ4v) is 3.83. The summed E-state index contributed by atoms with van der Waals surface area (Å²) in [5.74, 6) is 0.643. The van der Waals surface area contributed by atoms with Gasteiger partial charge >= 0.3 is 0 Å². The third-order valence-electron chi connectivity index (χ3n) is 5.55. The van der Waals surface area contributed by atoms with E-state index < -0.39 is 0 Å². The van der Waals surface area contributed by atoms with Crippen LogP contribution in [-0.4, -0.2) is 52.7 Å². The third-order valence-corrected chi connectivity index (χ3v) is 5.55. The number of hydrogen-bond donors (Lipinski definition) is 2. The van der Waals surface area contributed by atoms with Gasteiger partial charge in [-0.25, -0.2) is 9.97 Å². The fraction of sp³-hybridized carbons (Fsp3) is 0.320. The Hall–Kier alpha value is -3.81. The van der Waals surface area contributed by atoms with Gasteiger partial charge in [0.2, 0.25) is 5.95 Å². The molecule has 1 aliphatic rings. The molecule has 4 rings (SSSR count). The van der Waals surface area contributed by atoms with Gasteiger partial charge in [-0.15, -0.1) is 0 Å². The van der Waals surface area contributed by atoms with Gasteiger partial charge < -0.3 is 15.5 Å². The molecule has 0 radical (unpaired) electrons. The van der Waals surface area contributed by atoms with Crippen LogP contribution in [0.1, 0.15) is 25.8 Å². The first-order valence-corrected chi connectivity index (χ1v) is 10.7. The van der Waals surface area contributed by atoms with Crippen molar-refractivity contribution in [3.63, 3.8) is 0 Å². The predicted octanol–water partition coefficient (Wildman–Crippen LogP) is 3.33. The smallest absolute Gasteiger partial charge is 0.225 e. The highest BCUT2D eigenvalue weighted by Crippen LogP contribution is 2.22. The molecule has 172 valence electrons. The van der Waals surface area contributed by atoms with E-state index in [9.17, 15) is 4.79 Å². The van der Waals surface area contributed by atoms with Crippen LogP contribution in [0.5, 0.6) is 0 Å². The number of Topliss-reactive ketones (excluding diaryl/α,β-unsaturated/α-hetero) is 1. The summed E-state index contributed by atoms with van der Waals surface area (Å²) in [7, 11) is 0. The van der Waals surface area contributed by atoms with E-state index in [1.165, 1.54) is 0 Å². The van der Waals surface area contributed by atoms with E-state index >= 15 is 0 Å². The van der Waals surface area contributed by atoms with Crippen molar-refractivity contribution in [1.82, 2.24) is 15.0 Å². The Morgan fingerprint density at radius 1 is 0.970 bits per heavy atom. The first kappa shape index (κ1) is 23.8. The molecule has 3 heterocycles. The summed E-state index contributed by atoms with van der Waals surface area (Å²) in [6.07, 6.45) is 8.42. The number of rotatable bonds is 8. The number of nitrogens with one attached hydrogen (secondary N) is 1. The van der Waals surface area contributed by atoms with E-state index in [0.29, 0.717) is 12.8 Å². The minimum absolute atomic E-state index is 0. The largest absolute Gasteiger partial charge is 0.387 e. The first-order valence-electron chi connectivity index (χ1n) is 10.7. The van der Waals surface area contributed by atoms with Crippen LogP contribution in [0.2, 0.25) is 0 Å². The van der Waals surface area contributed by atoms with Gasteiger partial charge in [-0.1, -0.05) is 31.7 Å². The number of hydrogen-bond acceptors (Lipinski definition) is 7. The summed E-state index contributed by atoms with van der Waals surface area (Å²) >= 11 is 0. The molecule has 0 amide bonds. The van der Waals surface area contributed by atoms with Crippen LogP contribution in [0.15, 0.2) is 61.2 Å². The predicted molar refractivity (Wildman–Crippen MR) is 133 cm³/mol. The molecular formula is C25H31N7O. The second kappa shape index (κ2) is 11.2. The van der Waals surface area contributed by atoms with E-state index in [-0.39, 0.29) is 25.5 Å². The average molecular weight is 446 g/mol. The summed E-state index contributed by atoms with van der Waals surface area (Å²) < 4.78 is 0. The zero-order valence-corrected chi connectivity index (χ0v) is 17.9. The van der Waals surface area contributed by atoms with E-state index in [1.807, 2.05) is 42.9 Å². The Balaban J connectivity index is 0.00000306. The number of anilines is 2. The molecule has 8 nitrogen and oxygen atoms in total. The maximum Gasteiger partial charge on any atom is 0.225 e. The van der Waals surface area contributed by atoms with Crippen LogP contribution in [0.25, 0.3) is 11.1 Å². The van der Waals surface area contributed by atoms with Crippen LogP contribution in [0, 0.1) is 5.41 Å². The number of nitrogens with two attached hydrogens (primary N) is 1. The van der Waals surface area contributed by atoms with Crippen molar-refractivity contribution >= 4 is 23.3 Å². The highest BCUT2D eigenvalue weighted by Gasteiger charge is 2.19. The lowest BCUT2D eigenvalue weighted by atomic mass is 10.0. The second-order valence-corrected chi connectivity index (χ2v) is 7.90. The molecule has 0 atom stereocenters. The van der Waals surface area contributed by atoms with Gasteiger partial charge in [0.25, 0.3) is 0 Å². The highest BCUT2D eigenvalue weighted by atomic mass is 16.1. The first-order chi connectivity index (χ1) is 15.6. The van der Waals surface area contributed by atoms with Gasteiger partial charge in [0.15, 0.2) is 0 Å². The molecule has 1 aliphatic heterocycles. The minimum atomic E-state index is -0.0838. The molecule has 3 aromatic rings. The number of aromatic nitrogens is 3. The number of carbonyl (C=O) groups excluding carboxylic acids is 1. The molecule has 1 aromatic carbocycles. The van der Waals surface area contributed by atoms with Gasteiger partial charge in [-0.05, 0) is 29.7 Å². The van der Waals surface area contributed by atoms with Crippen molar-refractivity contribution in [2.24, 2.45) is 5.73 Å². The van der Waals surface area contributed by atoms with E-state index in [2.05, 4.69) is 36.9 Å². The summed E-state index contributed by atoms with van der Waals surface area (Å²) in [5, 5.41) is 7.23. The van der Waals surface area contributed by atoms with Crippen molar-refractivity contribution in [2.75, 3.05) is 36.0 Å². The number of pyridine rings is 1. The third kappa shape index (κ3) is 6.35. The Bertz CT molecular complexity index is 1060. The Morgan fingerprint density at radius 2 is 1.70 bits per heavy atom. The van der Waals surface area contributed by atoms with E-state index in [0.717, 1.165) is 54.5 Å². The molecule has 8 heteroatoms. The molecule has 0 spiro atoms. The number of carbonyl (C=O) groups is 1.